The van der Waals surface area contributed by atoms with Crippen molar-refractivity contribution in [3.05, 3.63) is 59.7 Å². The lowest BCUT2D eigenvalue weighted by Crippen LogP contribution is -2.50. The molecule has 0 radical (unpaired) electrons. The number of urea groups is 1. The van der Waals surface area contributed by atoms with Crippen LogP contribution in [0, 0.1) is 0 Å². The van der Waals surface area contributed by atoms with E-state index >= 15 is 0 Å². The molecule has 0 aromatic heterocycles. The lowest BCUT2D eigenvalue weighted by atomic mass is 10.00. The highest BCUT2D eigenvalue weighted by Gasteiger charge is 2.44. The number of halogens is 3. The number of nitrogens with one attached hydrogen (secondary N) is 1. The number of carbonyl (C=O) groups excluding carboxylic acids is 2. The van der Waals surface area contributed by atoms with Crippen LogP contribution in [0.2, 0.25) is 0 Å². The van der Waals surface area contributed by atoms with Crippen LogP contribution in [0.4, 0.5) is 23.7 Å². The van der Waals surface area contributed by atoms with Gasteiger partial charge in [-0.25, -0.2) is 9.59 Å². The van der Waals surface area contributed by atoms with E-state index in [0.717, 1.165) is 30.5 Å². The van der Waals surface area contributed by atoms with Crippen LogP contribution in [-0.4, -0.2) is 48.8 Å². The van der Waals surface area contributed by atoms with E-state index in [0.29, 0.717) is 36.6 Å². The molecule has 10 heteroatoms. The van der Waals surface area contributed by atoms with Crippen LogP contribution in [0.25, 0.3) is 6.08 Å². The van der Waals surface area contributed by atoms with E-state index in [2.05, 4.69) is 5.32 Å². The summed E-state index contributed by atoms with van der Waals surface area (Å²) in [4.78, 5) is 26.3. The molecule has 0 spiro atoms. The molecule has 2 atom stereocenters. The Balaban J connectivity index is 1.37. The number of anilines is 1. The van der Waals surface area contributed by atoms with Crippen LogP contribution in [0.15, 0.2) is 48.5 Å². The molecule has 2 fully saturated rings. The van der Waals surface area contributed by atoms with E-state index < -0.39 is 17.7 Å². The molecule has 0 saturated carbocycles. The van der Waals surface area contributed by atoms with Crippen molar-refractivity contribution in [3.8, 4) is 11.5 Å². The van der Waals surface area contributed by atoms with Gasteiger partial charge in [-0.05, 0) is 67.8 Å². The first-order valence-corrected chi connectivity index (χ1v) is 12.1. The van der Waals surface area contributed by atoms with Gasteiger partial charge in [-0.3, -0.25) is 0 Å². The number of nitrogens with zero attached hydrogens (tertiary/aromatic N) is 1. The van der Waals surface area contributed by atoms with Crippen molar-refractivity contribution >= 4 is 23.8 Å². The zero-order valence-electron chi connectivity index (χ0n) is 20.6. The van der Waals surface area contributed by atoms with Gasteiger partial charge in [0.1, 0.15) is 6.10 Å². The summed E-state index contributed by atoms with van der Waals surface area (Å²) in [6.45, 7) is 2.04. The average molecular weight is 519 g/mol. The minimum absolute atomic E-state index is 0.0315. The molecule has 1 N–H and O–H groups in total. The monoisotopic (exact) mass is 518 g/mol. The lowest BCUT2D eigenvalue weighted by Gasteiger charge is -2.39. The first-order chi connectivity index (χ1) is 17.7. The summed E-state index contributed by atoms with van der Waals surface area (Å²) in [7, 11) is 1.54. The topological polar surface area (TPSA) is 77.1 Å². The average Bonchev–Trinajstić information content (AvgIpc) is 3.13. The molecule has 198 valence electrons. The molecule has 2 heterocycles. The van der Waals surface area contributed by atoms with Crippen molar-refractivity contribution in [1.29, 1.82) is 0 Å². The zero-order chi connectivity index (χ0) is 26.6. The van der Waals surface area contributed by atoms with E-state index in [9.17, 15) is 22.8 Å². The number of ether oxygens (including phenoxy) is 3. The van der Waals surface area contributed by atoms with Crippen LogP contribution >= 0.6 is 0 Å². The number of amides is 2. The van der Waals surface area contributed by atoms with Gasteiger partial charge in [0, 0.05) is 36.7 Å². The minimum atomic E-state index is -4.42. The van der Waals surface area contributed by atoms with Crippen LogP contribution in [0.1, 0.15) is 43.7 Å². The number of methoxy groups -OCH3 is 1. The first kappa shape index (κ1) is 26.4. The summed E-state index contributed by atoms with van der Waals surface area (Å²) in [5, 5.41) is 2.73. The second kappa shape index (κ2) is 11.1. The van der Waals surface area contributed by atoms with Gasteiger partial charge in [-0.15, -0.1) is 0 Å². The Morgan fingerprint density at radius 2 is 1.73 bits per heavy atom. The van der Waals surface area contributed by atoms with Gasteiger partial charge in [-0.2, -0.15) is 13.2 Å². The van der Waals surface area contributed by atoms with E-state index in [1.807, 2.05) is 6.07 Å². The highest BCUT2D eigenvalue weighted by molar-refractivity contribution is 5.90. The van der Waals surface area contributed by atoms with E-state index in [-0.39, 0.29) is 24.2 Å². The van der Waals surface area contributed by atoms with Crippen molar-refractivity contribution < 1.29 is 37.0 Å². The Kier molecular flexibility index (Phi) is 7.94. The van der Waals surface area contributed by atoms with Crippen molar-refractivity contribution in [3.63, 3.8) is 0 Å². The number of carbonyl (C=O) groups is 2. The van der Waals surface area contributed by atoms with Gasteiger partial charge in [0.15, 0.2) is 11.5 Å². The molecule has 2 bridgehead atoms. The maximum Gasteiger partial charge on any atom is 0.416 e. The van der Waals surface area contributed by atoms with E-state index in [1.165, 1.54) is 18.2 Å². The smallest absolute Gasteiger partial charge is 0.416 e. The predicted octanol–water partition coefficient (Wildman–Crippen LogP) is 5.90. The van der Waals surface area contributed by atoms with E-state index in [4.69, 9.17) is 14.2 Å². The summed E-state index contributed by atoms with van der Waals surface area (Å²) in [5.74, 6) is 0.676. The third kappa shape index (κ3) is 6.36. The number of fused-ring (bicyclic) bond motifs is 2. The van der Waals surface area contributed by atoms with Crippen molar-refractivity contribution in [1.82, 2.24) is 4.90 Å². The Morgan fingerprint density at radius 3 is 2.32 bits per heavy atom. The number of esters is 1. The SMILES string of the molecule is CCOC(=O)/C=C/c1ccc(OC2C[C@@H]3CC[C@@H](C2)N3C(=O)Nc2ccc(C(F)(F)F)cc2)c(OC)c1. The lowest BCUT2D eigenvalue weighted by molar-refractivity contribution is -0.138. The highest BCUT2D eigenvalue weighted by atomic mass is 19.4. The molecule has 2 aromatic carbocycles. The summed E-state index contributed by atoms with van der Waals surface area (Å²) in [6.07, 6.45) is 1.36. The Hall–Kier alpha value is -3.69. The van der Waals surface area contributed by atoms with Gasteiger partial charge >= 0.3 is 18.2 Å². The normalized spacial score (nSPS) is 21.1. The number of rotatable bonds is 7. The molecule has 37 heavy (non-hydrogen) atoms. The molecule has 2 amide bonds. The molecule has 7 nitrogen and oxygen atoms in total. The fourth-order valence-electron chi connectivity index (χ4n) is 4.90. The van der Waals surface area contributed by atoms with Crippen LogP contribution in [0.3, 0.4) is 0 Å². The van der Waals surface area contributed by atoms with Gasteiger partial charge in [0.05, 0.1) is 19.3 Å². The van der Waals surface area contributed by atoms with Crippen LogP contribution < -0.4 is 14.8 Å². The largest absolute Gasteiger partial charge is 0.493 e. The number of benzene rings is 2. The molecule has 0 aliphatic carbocycles. The number of hydrogen-bond donors (Lipinski definition) is 1. The van der Waals surface area contributed by atoms with Gasteiger partial charge in [-0.1, -0.05) is 6.07 Å². The third-order valence-corrected chi connectivity index (χ3v) is 6.57. The van der Waals surface area contributed by atoms with Gasteiger partial charge in [0.25, 0.3) is 0 Å². The molecular weight excluding hydrogens is 489 g/mol. The van der Waals surface area contributed by atoms with Crippen LogP contribution in [-0.2, 0) is 15.7 Å². The quantitative estimate of drug-likeness (QED) is 0.365. The molecule has 2 aliphatic heterocycles. The Morgan fingerprint density at radius 1 is 1.05 bits per heavy atom. The highest BCUT2D eigenvalue weighted by Crippen LogP contribution is 2.39. The second-order valence-electron chi connectivity index (χ2n) is 9.00. The Bertz CT molecular complexity index is 1140. The molecule has 2 saturated heterocycles. The maximum absolute atomic E-state index is 13.0. The number of alkyl halides is 3. The maximum atomic E-state index is 13.0. The Labute approximate surface area is 213 Å². The molecule has 2 aromatic rings. The van der Waals surface area contributed by atoms with Crippen molar-refractivity contribution in [2.45, 2.75) is 57.0 Å². The van der Waals surface area contributed by atoms with Crippen LogP contribution in [0.5, 0.6) is 11.5 Å². The fourth-order valence-corrected chi connectivity index (χ4v) is 4.90. The predicted molar refractivity (Wildman–Crippen MR) is 131 cm³/mol. The molecule has 2 aliphatic rings. The fraction of sp³-hybridized carbons (Fsp3) is 0.407. The summed E-state index contributed by atoms with van der Waals surface area (Å²) in [5.41, 5.74) is 0.312. The van der Waals surface area contributed by atoms with Gasteiger partial charge in [0.2, 0.25) is 0 Å². The molecule has 0 unspecified atom stereocenters. The van der Waals surface area contributed by atoms with E-state index in [1.54, 1.807) is 37.1 Å². The van der Waals surface area contributed by atoms with Crippen molar-refractivity contribution in [2.75, 3.05) is 19.0 Å². The van der Waals surface area contributed by atoms with Crippen molar-refractivity contribution in [2.24, 2.45) is 0 Å². The molecular formula is C27H29F3N2O5. The summed E-state index contributed by atoms with van der Waals surface area (Å²) >= 11 is 0. The summed E-state index contributed by atoms with van der Waals surface area (Å²) < 4.78 is 55.0. The standard InChI is InChI=1S/C27H29F3N2O5/c1-3-36-25(33)13-5-17-4-12-23(24(14-17)35-2)37-22-15-20-10-11-21(16-22)32(20)26(34)31-19-8-6-18(7-9-19)27(28,29)30/h4-9,12-14,20-22H,3,10-11,15-16H2,1-2H3,(H,31,34)/b13-5+/t20-,21-/m0/s1. The summed E-state index contributed by atoms with van der Waals surface area (Å²) in [6, 6.07) is 9.42. The number of piperidine rings is 1. The first-order valence-electron chi connectivity index (χ1n) is 12.1. The zero-order valence-corrected chi connectivity index (χ0v) is 20.6. The number of hydrogen-bond acceptors (Lipinski definition) is 5. The minimum Gasteiger partial charge on any atom is -0.493 e. The third-order valence-electron chi connectivity index (χ3n) is 6.57. The second-order valence-corrected chi connectivity index (χ2v) is 9.00. The molecule has 4 rings (SSSR count). The van der Waals surface area contributed by atoms with Gasteiger partial charge < -0.3 is 24.4 Å².